The SMILES string of the molecule is CC1CC2C3CCC4=CC(=O)C=CC4(C)C3(F)C(O)CC2(C)C1(O)C(=O)COC(=O)CCC(=O)OC1CCC2C3CCC4=CC(=O)CCC4(C)C3CCC12C. The predicted octanol–water partition coefficient (Wildman–Crippen LogP) is 6.67. The molecule has 0 aliphatic heterocycles. The first-order valence-electron chi connectivity index (χ1n) is 21.0. The summed E-state index contributed by atoms with van der Waals surface area (Å²) in [7, 11) is 0. The van der Waals surface area contributed by atoms with E-state index in [-0.39, 0.29) is 47.8 Å². The molecule has 10 heteroatoms. The molecule has 0 aromatic carbocycles. The molecule has 6 saturated carbocycles. The minimum atomic E-state index is -2.09. The number of hydrogen-bond acceptors (Lipinski definition) is 9. The zero-order valence-corrected chi connectivity index (χ0v) is 33.2. The van der Waals surface area contributed by atoms with Crippen molar-refractivity contribution < 1.29 is 48.0 Å². The van der Waals surface area contributed by atoms with Crippen molar-refractivity contribution in [3.63, 3.8) is 0 Å². The van der Waals surface area contributed by atoms with Crippen molar-refractivity contribution in [1.82, 2.24) is 0 Å². The van der Waals surface area contributed by atoms with Gasteiger partial charge in [-0.25, -0.2) is 4.39 Å². The van der Waals surface area contributed by atoms with E-state index in [1.54, 1.807) is 26.8 Å². The van der Waals surface area contributed by atoms with Gasteiger partial charge in [0.1, 0.15) is 11.7 Å². The lowest BCUT2D eigenvalue weighted by Gasteiger charge is -2.62. The number of esters is 2. The quantitative estimate of drug-likeness (QED) is 0.272. The van der Waals surface area contributed by atoms with Crippen LogP contribution in [0.2, 0.25) is 0 Å². The number of carbonyl (C=O) groups is 5. The highest BCUT2D eigenvalue weighted by molar-refractivity contribution is 6.01. The van der Waals surface area contributed by atoms with E-state index in [2.05, 4.69) is 13.8 Å². The molecule has 0 saturated heterocycles. The average molecular weight is 763 g/mol. The van der Waals surface area contributed by atoms with Crippen LogP contribution in [0.15, 0.2) is 35.5 Å². The molecular formula is C45H59FO9. The summed E-state index contributed by atoms with van der Waals surface area (Å²) in [5.41, 5.74) is -4.48. The molecule has 0 radical (unpaired) electrons. The number of rotatable bonds is 7. The number of ketones is 3. The highest BCUT2D eigenvalue weighted by atomic mass is 19.1. The molecule has 14 atom stereocenters. The van der Waals surface area contributed by atoms with E-state index in [0.717, 1.165) is 44.9 Å². The van der Waals surface area contributed by atoms with Gasteiger partial charge < -0.3 is 19.7 Å². The number of allylic oxidation sites excluding steroid dienone is 5. The molecule has 6 fully saturated rings. The van der Waals surface area contributed by atoms with Crippen molar-refractivity contribution in [3.05, 3.63) is 35.5 Å². The first kappa shape index (κ1) is 38.9. The number of fused-ring (bicyclic) bond motifs is 10. The van der Waals surface area contributed by atoms with Crippen LogP contribution >= 0.6 is 0 Å². The summed E-state index contributed by atoms with van der Waals surface area (Å²) < 4.78 is 29.0. The lowest BCUT2D eigenvalue weighted by atomic mass is 9.44. The Hall–Kier alpha value is -2.98. The van der Waals surface area contributed by atoms with Crippen molar-refractivity contribution in [2.24, 2.45) is 57.2 Å². The number of hydrogen-bond donors (Lipinski definition) is 2. The lowest BCUT2D eigenvalue weighted by Crippen LogP contribution is -2.69. The van der Waals surface area contributed by atoms with Crippen LogP contribution in [0.4, 0.5) is 4.39 Å². The van der Waals surface area contributed by atoms with Gasteiger partial charge in [-0.3, -0.25) is 24.0 Å². The summed E-state index contributed by atoms with van der Waals surface area (Å²) in [6.45, 7) is 9.15. The molecule has 0 spiro atoms. The molecule has 8 aliphatic rings. The summed E-state index contributed by atoms with van der Waals surface area (Å²) in [5, 5.41) is 23.8. The van der Waals surface area contributed by atoms with E-state index in [1.165, 1.54) is 17.7 Å². The minimum Gasteiger partial charge on any atom is -0.462 e. The van der Waals surface area contributed by atoms with Crippen LogP contribution in [-0.2, 0) is 33.4 Å². The number of Topliss-reactive ketones (excluding diaryl/α,β-unsaturated/α-hetero) is 1. The second-order valence-corrected chi connectivity index (χ2v) is 19.8. The van der Waals surface area contributed by atoms with Crippen LogP contribution in [0.1, 0.15) is 125 Å². The predicted molar refractivity (Wildman–Crippen MR) is 200 cm³/mol. The Morgan fingerprint density at radius 1 is 0.855 bits per heavy atom. The molecular weight excluding hydrogens is 703 g/mol. The summed E-state index contributed by atoms with van der Waals surface area (Å²) in [4.78, 5) is 64.3. The molecule has 14 unspecified atom stereocenters. The van der Waals surface area contributed by atoms with Gasteiger partial charge in [-0.05, 0) is 131 Å². The van der Waals surface area contributed by atoms with E-state index in [0.29, 0.717) is 49.0 Å². The topological polar surface area (TPSA) is 144 Å². The third-order valence-corrected chi connectivity index (χ3v) is 17.7. The molecule has 55 heavy (non-hydrogen) atoms. The molecule has 0 bridgehead atoms. The maximum Gasteiger partial charge on any atom is 0.306 e. The zero-order chi connectivity index (χ0) is 39.5. The highest BCUT2D eigenvalue weighted by Crippen LogP contribution is 2.71. The van der Waals surface area contributed by atoms with Crippen LogP contribution < -0.4 is 0 Å². The van der Waals surface area contributed by atoms with Gasteiger partial charge in [-0.15, -0.1) is 0 Å². The van der Waals surface area contributed by atoms with Gasteiger partial charge in [0.15, 0.2) is 23.8 Å². The monoisotopic (exact) mass is 762 g/mol. The van der Waals surface area contributed by atoms with Crippen molar-refractivity contribution in [2.45, 2.75) is 148 Å². The molecule has 8 aliphatic carbocycles. The average Bonchev–Trinajstić information content (AvgIpc) is 3.57. The van der Waals surface area contributed by atoms with E-state index in [4.69, 9.17) is 9.47 Å². The maximum absolute atomic E-state index is 17.5. The third-order valence-electron chi connectivity index (χ3n) is 17.7. The van der Waals surface area contributed by atoms with Crippen molar-refractivity contribution >= 4 is 29.3 Å². The van der Waals surface area contributed by atoms with Crippen molar-refractivity contribution in [1.29, 1.82) is 0 Å². The fourth-order valence-electron chi connectivity index (χ4n) is 14.6. The molecule has 2 N–H and O–H groups in total. The minimum absolute atomic E-state index is 0.0731. The molecule has 0 aromatic rings. The Balaban J connectivity index is 0.864. The van der Waals surface area contributed by atoms with Gasteiger partial charge in [0.2, 0.25) is 5.78 Å². The number of aliphatic hydroxyl groups excluding tert-OH is 1. The van der Waals surface area contributed by atoms with Gasteiger partial charge in [-0.1, -0.05) is 44.9 Å². The normalized spacial score (nSPS) is 48.2. The van der Waals surface area contributed by atoms with Gasteiger partial charge >= 0.3 is 11.9 Å². The maximum atomic E-state index is 17.5. The molecule has 0 heterocycles. The van der Waals surface area contributed by atoms with Crippen LogP contribution in [0.5, 0.6) is 0 Å². The summed E-state index contributed by atoms with van der Waals surface area (Å²) in [5.74, 6) is -2.01. The molecule has 8 rings (SSSR count). The third kappa shape index (κ3) is 5.38. The lowest BCUT2D eigenvalue weighted by molar-refractivity contribution is -0.220. The highest BCUT2D eigenvalue weighted by Gasteiger charge is 2.75. The molecule has 0 amide bonds. The Bertz CT molecular complexity index is 1800. The standard InChI is InChI=1S/C45H59FO9/c1-25-20-34-33-9-7-27-22-29(48)15-19-42(27,4)44(33,46)35(49)23-43(34,5)45(25,53)36(50)24-54-38(51)12-13-39(52)55-37-11-10-31-30-8-6-26-21-28(47)14-17-40(26,2)32(30)16-18-41(31,37)3/h15,19,21-22,25,30-35,37,49,53H,6-14,16-18,20,23-24H2,1-5H3. The van der Waals surface area contributed by atoms with Crippen LogP contribution in [-0.4, -0.2) is 69.6 Å². The number of halogens is 1. The fourth-order valence-corrected chi connectivity index (χ4v) is 14.6. The summed E-state index contributed by atoms with van der Waals surface area (Å²) in [6, 6.07) is 0. The van der Waals surface area contributed by atoms with Gasteiger partial charge in [0.05, 0.1) is 18.9 Å². The first-order chi connectivity index (χ1) is 25.8. The second kappa shape index (κ2) is 13.0. The smallest absolute Gasteiger partial charge is 0.306 e. The molecule has 300 valence electrons. The van der Waals surface area contributed by atoms with Gasteiger partial charge in [-0.2, -0.15) is 0 Å². The first-order valence-corrected chi connectivity index (χ1v) is 21.0. The second-order valence-electron chi connectivity index (χ2n) is 19.8. The van der Waals surface area contributed by atoms with Crippen LogP contribution in [0.3, 0.4) is 0 Å². The van der Waals surface area contributed by atoms with Crippen molar-refractivity contribution in [2.75, 3.05) is 6.61 Å². The van der Waals surface area contributed by atoms with E-state index in [9.17, 15) is 34.2 Å². The van der Waals surface area contributed by atoms with Crippen LogP contribution in [0.25, 0.3) is 0 Å². The van der Waals surface area contributed by atoms with Crippen LogP contribution in [0, 0.1) is 57.2 Å². The summed E-state index contributed by atoms with van der Waals surface area (Å²) in [6.07, 6.45) is 12.6. The Labute approximate surface area is 323 Å². The largest absolute Gasteiger partial charge is 0.462 e. The van der Waals surface area contributed by atoms with E-state index < -0.39 is 70.3 Å². The summed E-state index contributed by atoms with van der Waals surface area (Å²) >= 11 is 0. The Kier molecular flexibility index (Phi) is 9.20. The number of aliphatic hydroxyl groups is 2. The number of alkyl halides is 1. The van der Waals surface area contributed by atoms with E-state index in [1.807, 2.05) is 6.08 Å². The molecule has 9 nitrogen and oxygen atoms in total. The number of carbonyl (C=O) groups excluding carboxylic acids is 5. The van der Waals surface area contributed by atoms with Gasteiger partial charge in [0.25, 0.3) is 0 Å². The van der Waals surface area contributed by atoms with Crippen molar-refractivity contribution in [3.8, 4) is 0 Å². The van der Waals surface area contributed by atoms with E-state index >= 15 is 4.39 Å². The Morgan fingerprint density at radius 2 is 1.58 bits per heavy atom. The zero-order valence-electron chi connectivity index (χ0n) is 33.2. The number of ether oxygens (including phenoxy) is 2. The fraction of sp³-hybridized carbons (Fsp3) is 0.756. The Morgan fingerprint density at radius 3 is 2.35 bits per heavy atom. The van der Waals surface area contributed by atoms with Gasteiger partial charge in [0, 0.05) is 28.6 Å². The molecule has 0 aromatic heterocycles.